The predicted octanol–water partition coefficient (Wildman–Crippen LogP) is 1.45. The number of carboxylic acids is 1. The monoisotopic (exact) mass is 126 g/mol. The Bertz CT molecular complexity index is 119. The van der Waals surface area contributed by atoms with Crippen LogP contribution in [0.4, 0.5) is 0 Å². The fourth-order valence-electron chi connectivity index (χ4n) is 0.465. The summed E-state index contributed by atoms with van der Waals surface area (Å²) in [5, 5.41) is 8.25. The van der Waals surface area contributed by atoms with E-state index in [1.54, 1.807) is 12.2 Å². The minimum atomic E-state index is -0.820. The van der Waals surface area contributed by atoms with Crippen LogP contribution in [-0.2, 0) is 4.79 Å². The summed E-state index contributed by atoms with van der Waals surface area (Å²) in [6.07, 6.45) is 3.23. The van der Waals surface area contributed by atoms with Gasteiger partial charge in [-0.1, -0.05) is 12.2 Å². The van der Waals surface area contributed by atoms with Crippen molar-refractivity contribution in [2.75, 3.05) is 0 Å². The lowest BCUT2D eigenvalue weighted by Gasteiger charge is -1.99. The molecule has 0 fully saturated rings. The second kappa shape index (κ2) is 3.89. The molecule has 0 unspecified atom stereocenters. The van der Waals surface area contributed by atoms with Crippen molar-refractivity contribution in [3.8, 4) is 0 Å². The zero-order valence-corrected chi connectivity index (χ0v) is 5.21. The van der Waals surface area contributed by atoms with Crippen molar-refractivity contribution in [3.63, 3.8) is 0 Å². The van der Waals surface area contributed by atoms with E-state index in [2.05, 4.69) is 13.2 Å². The van der Waals surface area contributed by atoms with Crippen molar-refractivity contribution in [2.45, 2.75) is 6.42 Å². The van der Waals surface area contributed by atoms with Crippen LogP contribution in [0.3, 0.4) is 0 Å². The van der Waals surface area contributed by atoms with Gasteiger partial charge in [0.15, 0.2) is 0 Å². The van der Waals surface area contributed by atoms with Gasteiger partial charge < -0.3 is 5.11 Å². The highest BCUT2D eigenvalue weighted by molar-refractivity contribution is 5.67. The maximum Gasteiger partial charge on any atom is 0.304 e. The number of aliphatic carboxylic acids is 1. The van der Waals surface area contributed by atoms with Crippen LogP contribution < -0.4 is 0 Å². The SMILES string of the molecule is C=CC(C=C)CC(=O)O. The van der Waals surface area contributed by atoms with Crippen LogP contribution in [0.5, 0.6) is 0 Å². The van der Waals surface area contributed by atoms with E-state index < -0.39 is 5.97 Å². The Morgan fingerprint density at radius 3 is 2.11 bits per heavy atom. The molecule has 0 saturated carbocycles. The summed E-state index contributed by atoms with van der Waals surface area (Å²) >= 11 is 0. The normalized spacial score (nSPS) is 9.00. The molecule has 0 saturated heterocycles. The van der Waals surface area contributed by atoms with Crippen molar-refractivity contribution in [1.82, 2.24) is 0 Å². The van der Waals surface area contributed by atoms with Crippen LogP contribution in [0.15, 0.2) is 25.3 Å². The fourth-order valence-corrected chi connectivity index (χ4v) is 0.465. The predicted molar refractivity (Wildman–Crippen MR) is 36.1 cm³/mol. The van der Waals surface area contributed by atoms with E-state index in [4.69, 9.17) is 5.11 Å². The Morgan fingerprint density at radius 1 is 1.56 bits per heavy atom. The van der Waals surface area contributed by atoms with Gasteiger partial charge in [-0.3, -0.25) is 4.79 Å². The molecule has 0 aliphatic carbocycles. The highest BCUT2D eigenvalue weighted by atomic mass is 16.4. The molecular formula is C7H10O2. The Morgan fingerprint density at radius 2 is 2.00 bits per heavy atom. The minimum absolute atomic E-state index is 0.0903. The number of allylic oxidation sites excluding steroid dienone is 2. The van der Waals surface area contributed by atoms with Crippen LogP contribution in [0.25, 0.3) is 0 Å². The lowest BCUT2D eigenvalue weighted by molar-refractivity contribution is -0.137. The molecule has 2 nitrogen and oxygen atoms in total. The van der Waals surface area contributed by atoms with Crippen molar-refractivity contribution in [2.24, 2.45) is 5.92 Å². The maximum absolute atomic E-state index is 10.0. The van der Waals surface area contributed by atoms with Crippen LogP contribution in [0.2, 0.25) is 0 Å². The van der Waals surface area contributed by atoms with Gasteiger partial charge in [-0.05, 0) is 0 Å². The van der Waals surface area contributed by atoms with E-state index >= 15 is 0 Å². The molecule has 1 N–H and O–H groups in total. The smallest absolute Gasteiger partial charge is 0.304 e. The number of hydrogen-bond acceptors (Lipinski definition) is 1. The first kappa shape index (κ1) is 7.95. The fraction of sp³-hybridized carbons (Fsp3) is 0.286. The van der Waals surface area contributed by atoms with Gasteiger partial charge in [-0.2, -0.15) is 0 Å². The highest BCUT2D eigenvalue weighted by Gasteiger charge is 2.03. The van der Waals surface area contributed by atoms with E-state index in [1.807, 2.05) is 0 Å². The lowest BCUT2D eigenvalue weighted by Crippen LogP contribution is -2.01. The molecule has 0 aromatic carbocycles. The second-order valence-corrected chi connectivity index (χ2v) is 1.73. The molecule has 0 amide bonds. The first-order valence-electron chi connectivity index (χ1n) is 2.67. The molecule has 0 bridgehead atoms. The number of carboxylic acid groups (broad SMARTS) is 1. The Labute approximate surface area is 54.5 Å². The molecule has 9 heavy (non-hydrogen) atoms. The molecule has 0 radical (unpaired) electrons. The van der Waals surface area contributed by atoms with Gasteiger partial charge in [-0.15, -0.1) is 13.2 Å². The van der Waals surface area contributed by atoms with Crippen molar-refractivity contribution in [1.29, 1.82) is 0 Å². The average Bonchev–Trinajstić information content (AvgIpc) is 1.82. The third-order valence-corrected chi connectivity index (χ3v) is 1.02. The van der Waals surface area contributed by atoms with Crippen LogP contribution >= 0.6 is 0 Å². The lowest BCUT2D eigenvalue weighted by atomic mass is 10.1. The third-order valence-electron chi connectivity index (χ3n) is 1.02. The summed E-state index contributed by atoms with van der Waals surface area (Å²) < 4.78 is 0. The molecule has 0 spiro atoms. The molecular weight excluding hydrogens is 116 g/mol. The van der Waals surface area contributed by atoms with Gasteiger partial charge in [0.1, 0.15) is 0 Å². The molecule has 0 atom stereocenters. The first-order chi connectivity index (χ1) is 4.20. The summed E-state index contributed by atoms with van der Waals surface area (Å²) in [5.74, 6) is -0.915. The molecule has 0 aliphatic rings. The number of carbonyl (C=O) groups is 1. The van der Waals surface area contributed by atoms with Crippen molar-refractivity contribution in [3.05, 3.63) is 25.3 Å². The zero-order valence-electron chi connectivity index (χ0n) is 5.21. The van der Waals surface area contributed by atoms with Gasteiger partial charge >= 0.3 is 5.97 Å². The van der Waals surface area contributed by atoms with Crippen molar-refractivity contribution < 1.29 is 9.90 Å². The van der Waals surface area contributed by atoms with E-state index in [9.17, 15) is 4.79 Å². The standard InChI is InChI=1S/C7H10O2/c1-3-6(4-2)5-7(8)9/h3-4,6H,1-2,5H2,(H,8,9). The molecule has 0 heterocycles. The van der Waals surface area contributed by atoms with Gasteiger partial charge in [0.05, 0.1) is 6.42 Å². The molecule has 0 aliphatic heterocycles. The molecule has 50 valence electrons. The van der Waals surface area contributed by atoms with Crippen LogP contribution in [0.1, 0.15) is 6.42 Å². The third kappa shape index (κ3) is 3.53. The zero-order chi connectivity index (χ0) is 7.28. The van der Waals surface area contributed by atoms with E-state index in [1.165, 1.54) is 0 Å². The van der Waals surface area contributed by atoms with E-state index in [0.717, 1.165) is 0 Å². The molecule has 0 aromatic heterocycles. The average molecular weight is 126 g/mol. The first-order valence-corrected chi connectivity index (χ1v) is 2.67. The summed E-state index contributed by atoms with van der Waals surface area (Å²) in [4.78, 5) is 10.0. The Kier molecular flexibility index (Phi) is 3.44. The number of hydrogen-bond donors (Lipinski definition) is 1. The summed E-state index contributed by atoms with van der Waals surface area (Å²) in [5.41, 5.74) is 0. The molecule has 0 aromatic rings. The molecule has 2 heteroatoms. The topological polar surface area (TPSA) is 37.3 Å². The van der Waals surface area contributed by atoms with Gasteiger partial charge in [-0.25, -0.2) is 0 Å². The highest BCUT2D eigenvalue weighted by Crippen LogP contribution is 2.03. The minimum Gasteiger partial charge on any atom is -0.481 e. The Hall–Kier alpha value is -1.05. The second-order valence-electron chi connectivity index (χ2n) is 1.73. The van der Waals surface area contributed by atoms with E-state index in [0.29, 0.717) is 0 Å². The summed E-state index contributed by atoms with van der Waals surface area (Å²) in [7, 11) is 0. The molecule has 0 rings (SSSR count). The van der Waals surface area contributed by atoms with Crippen molar-refractivity contribution >= 4 is 5.97 Å². The summed E-state index contributed by atoms with van der Waals surface area (Å²) in [6, 6.07) is 0. The Balaban J connectivity index is 3.68. The largest absolute Gasteiger partial charge is 0.481 e. The summed E-state index contributed by atoms with van der Waals surface area (Å²) in [6.45, 7) is 6.90. The van der Waals surface area contributed by atoms with Gasteiger partial charge in [0, 0.05) is 5.92 Å². The van der Waals surface area contributed by atoms with Gasteiger partial charge in [0.2, 0.25) is 0 Å². The van der Waals surface area contributed by atoms with Gasteiger partial charge in [0.25, 0.3) is 0 Å². The maximum atomic E-state index is 10.0. The quantitative estimate of drug-likeness (QED) is 0.579. The van der Waals surface area contributed by atoms with Crippen LogP contribution in [0, 0.1) is 5.92 Å². The number of rotatable bonds is 4. The van der Waals surface area contributed by atoms with Crippen LogP contribution in [-0.4, -0.2) is 11.1 Å². The van der Waals surface area contributed by atoms with E-state index in [-0.39, 0.29) is 12.3 Å².